The molecule has 0 aliphatic rings. The molecule has 28 heavy (non-hydrogen) atoms. The van der Waals surface area contributed by atoms with Gasteiger partial charge in [-0.3, -0.25) is 10.1 Å². The summed E-state index contributed by atoms with van der Waals surface area (Å²) >= 11 is 0. The van der Waals surface area contributed by atoms with Gasteiger partial charge in [0.15, 0.2) is 0 Å². The summed E-state index contributed by atoms with van der Waals surface area (Å²) in [6.07, 6.45) is 0.230. The summed E-state index contributed by atoms with van der Waals surface area (Å²) < 4.78 is 11.0. The van der Waals surface area contributed by atoms with Gasteiger partial charge in [-0.25, -0.2) is 4.79 Å². The molecule has 2 aromatic rings. The Hall–Kier alpha value is -2.84. The lowest BCUT2D eigenvalue weighted by Crippen LogP contribution is -2.25. The fourth-order valence-corrected chi connectivity index (χ4v) is 2.42. The number of hydrogen-bond acceptors (Lipinski definition) is 6. The summed E-state index contributed by atoms with van der Waals surface area (Å²) in [6, 6.07) is 13.3. The molecule has 1 atom stereocenters. The number of amides is 1. The zero-order valence-corrected chi connectivity index (χ0v) is 16.8. The first-order chi connectivity index (χ1) is 12.9. The molecule has 0 bridgehead atoms. The van der Waals surface area contributed by atoms with Crippen LogP contribution in [-0.2, 0) is 0 Å². The van der Waals surface area contributed by atoms with E-state index < -0.39 is 11.0 Å². The molecule has 0 spiro atoms. The molecular weight excluding hydrogens is 386 g/mol. The van der Waals surface area contributed by atoms with Gasteiger partial charge in [-0.2, -0.15) is 0 Å². The smallest absolute Gasteiger partial charge is 0.414 e. The number of rotatable bonds is 8. The third-order valence-electron chi connectivity index (χ3n) is 3.90. The number of hydrogen-bond donors (Lipinski definition) is 1. The normalized spacial score (nSPS) is 11.1. The average Bonchev–Trinajstić information content (AvgIpc) is 2.65. The predicted molar refractivity (Wildman–Crippen MR) is 108 cm³/mol. The van der Waals surface area contributed by atoms with Crippen LogP contribution in [-0.4, -0.2) is 43.7 Å². The number of benzene rings is 2. The van der Waals surface area contributed by atoms with E-state index in [0.717, 1.165) is 5.56 Å². The van der Waals surface area contributed by atoms with Gasteiger partial charge in [0, 0.05) is 38.7 Å². The van der Waals surface area contributed by atoms with Crippen molar-refractivity contribution < 1.29 is 19.2 Å². The summed E-state index contributed by atoms with van der Waals surface area (Å²) in [5, 5.41) is 13.9. The van der Waals surface area contributed by atoms with Crippen LogP contribution in [0.5, 0.6) is 11.5 Å². The third kappa shape index (κ3) is 6.71. The Morgan fingerprint density at radius 2 is 1.86 bits per heavy atom. The topological polar surface area (TPSA) is 93.9 Å². The lowest BCUT2D eigenvalue weighted by Gasteiger charge is -2.18. The molecule has 0 aliphatic heterocycles. The van der Waals surface area contributed by atoms with Crippen molar-refractivity contribution in [2.24, 2.45) is 0 Å². The van der Waals surface area contributed by atoms with E-state index in [9.17, 15) is 14.9 Å². The molecule has 1 amide bonds. The van der Waals surface area contributed by atoms with E-state index in [-0.39, 0.29) is 24.1 Å². The van der Waals surface area contributed by atoms with Crippen LogP contribution in [0.4, 0.5) is 10.5 Å². The van der Waals surface area contributed by atoms with Crippen LogP contribution in [0.15, 0.2) is 48.5 Å². The predicted octanol–water partition coefficient (Wildman–Crippen LogP) is 3.81. The van der Waals surface area contributed by atoms with Gasteiger partial charge in [0.2, 0.25) is 0 Å². The van der Waals surface area contributed by atoms with Gasteiger partial charge in [-0.05, 0) is 36.9 Å². The number of nitro benzene ring substituents is 1. The molecule has 152 valence electrons. The Bertz CT molecular complexity index is 783. The third-order valence-corrected chi connectivity index (χ3v) is 3.90. The molecule has 1 N–H and O–H groups in total. The van der Waals surface area contributed by atoms with Gasteiger partial charge < -0.3 is 19.7 Å². The minimum atomic E-state index is -0.448. The molecule has 0 aliphatic carbocycles. The van der Waals surface area contributed by atoms with Crippen molar-refractivity contribution in [3.8, 4) is 11.5 Å². The minimum Gasteiger partial charge on any atom is -0.494 e. The maximum atomic E-state index is 11.7. The summed E-state index contributed by atoms with van der Waals surface area (Å²) in [4.78, 5) is 23.3. The van der Waals surface area contributed by atoms with Crippen LogP contribution in [0, 0.1) is 10.1 Å². The Balaban J connectivity index is 0.00000392. The van der Waals surface area contributed by atoms with Gasteiger partial charge in [0.1, 0.15) is 11.5 Å². The van der Waals surface area contributed by atoms with Crippen LogP contribution < -0.4 is 14.8 Å². The SMILES string of the molecule is CNC(CCOc1ccc([N+](=O)[O-])cc1)c1cccc(OC(=O)N(C)C)c1.Cl. The summed E-state index contributed by atoms with van der Waals surface area (Å²) in [5.74, 6) is 1.05. The molecule has 0 aromatic heterocycles. The maximum absolute atomic E-state index is 11.7. The fourth-order valence-electron chi connectivity index (χ4n) is 2.42. The summed E-state index contributed by atoms with van der Waals surface area (Å²) in [6.45, 7) is 0.422. The number of halogens is 1. The van der Waals surface area contributed by atoms with Gasteiger partial charge in [0.25, 0.3) is 5.69 Å². The van der Waals surface area contributed by atoms with E-state index >= 15 is 0 Å². The first-order valence-corrected chi connectivity index (χ1v) is 8.44. The highest BCUT2D eigenvalue weighted by Crippen LogP contribution is 2.23. The zero-order chi connectivity index (χ0) is 19.8. The van der Waals surface area contributed by atoms with E-state index in [4.69, 9.17) is 9.47 Å². The Morgan fingerprint density at radius 3 is 2.43 bits per heavy atom. The lowest BCUT2D eigenvalue weighted by atomic mass is 10.0. The van der Waals surface area contributed by atoms with Gasteiger partial charge in [-0.15, -0.1) is 12.4 Å². The molecule has 0 radical (unpaired) electrons. The highest BCUT2D eigenvalue weighted by atomic mass is 35.5. The van der Waals surface area contributed by atoms with Gasteiger partial charge in [0.05, 0.1) is 11.5 Å². The van der Waals surface area contributed by atoms with Gasteiger partial charge >= 0.3 is 6.09 Å². The molecular formula is C19H24ClN3O5. The van der Waals surface area contributed by atoms with E-state index in [2.05, 4.69) is 5.32 Å². The minimum absolute atomic E-state index is 0. The van der Waals surface area contributed by atoms with E-state index in [0.29, 0.717) is 24.5 Å². The molecule has 0 fully saturated rings. The molecule has 8 nitrogen and oxygen atoms in total. The number of ether oxygens (including phenoxy) is 2. The van der Waals surface area contributed by atoms with E-state index in [1.807, 2.05) is 25.2 Å². The number of nitrogens with one attached hydrogen (secondary N) is 1. The number of carbonyl (C=O) groups is 1. The largest absolute Gasteiger partial charge is 0.494 e. The highest BCUT2D eigenvalue weighted by Gasteiger charge is 2.13. The van der Waals surface area contributed by atoms with Crippen molar-refractivity contribution in [2.75, 3.05) is 27.7 Å². The first-order valence-electron chi connectivity index (χ1n) is 8.44. The number of nitro groups is 1. The zero-order valence-electron chi connectivity index (χ0n) is 16.0. The van der Waals surface area contributed by atoms with Crippen molar-refractivity contribution >= 4 is 24.2 Å². The highest BCUT2D eigenvalue weighted by molar-refractivity contribution is 5.85. The van der Waals surface area contributed by atoms with Crippen LogP contribution in [0.3, 0.4) is 0 Å². The van der Waals surface area contributed by atoms with Crippen LogP contribution >= 0.6 is 12.4 Å². The second-order valence-electron chi connectivity index (χ2n) is 6.06. The monoisotopic (exact) mass is 409 g/mol. The van der Waals surface area contributed by atoms with Gasteiger partial charge in [-0.1, -0.05) is 12.1 Å². The Morgan fingerprint density at radius 1 is 1.18 bits per heavy atom. The van der Waals surface area contributed by atoms with Crippen LogP contribution in [0.2, 0.25) is 0 Å². The van der Waals surface area contributed by atoms with Crippen molar-refractivity contribution in [2.45, 2.75) is 12.5 Å². The van der Waals surface area contributed by atoms with Crippen molar-refractivity contribution in [1.82, 2.24) is 10.2 Å². The van der Waals surface area contributed by atoms with Crippen molar-refractivity contribution in [1.29, 1.82) is 0 Å². The standard InChI is InChI=1S/C19H23N3O5.ClH/c1-20-18(11-12-26-16-9-7-15(8-10-16)22(24)25)14-5-4-6-17(13-14)27-19(23)21(2)3;/h4-10,13,18,20H,11-12H2,1-3H3;1H. The number of carbonyl (C=O) groups excluding carboxylic acids is 1. The number of non-ortho nitro benzene ring substituents is 1. The van der Waals surface area contributed by atoms with Crippen LogP contribution in [0.1, 0.15) is 18.0 Å². The quantitative estimate of drug-likeness (QED) is 0.526. The van der Waals surface area contributed by atoms with Crippen molar-refractivity contribution in [3.63, 3.8) is 0 Å². The lowest BCUT2D eigenvalue weighted by molar-refractivity contribution is -0.384. The fraction of sp³-hybridized carbons (Fsp3) is 0.316. The molecule has 1 unspecified atom stereocenters. The Labute approximate surface area is 170 Å². The first kappa shape index (κ1) is 23.2. The average molecular weight is 410 g/mol. The van der Waals surface area contributed by atoms with E-state index in [1.165, 1.54) is 17.0 Å². The molecule has 2 rings (SSSR count). The summed E-state index contributed by atoms with van der Waals surface area (Å²) in [7, 11) is 5.09. The van der Waals surface area contributed by atoms with E-state index in [1.54, 1.807) is 32.3 Å². The van der Waals surface area contributed by atoms with Crippen molar-refractivity contribution in [3.05, 3.63) is 64.2 Å². The molecule has 0 heterocycles. The Kier molecular flexibility index (Phi) is 9.20. The maximum Gasteiger partial charge on any atom is 0.414 e. The molecule has 9 heteroatoms. The van der Waals surface area contributed by atoms with Crippen LogP contribution in [0.25, 0.3) is 0 Å². The number of nitrogens with zero attached hydrogens (tertiary/aromatic N) is 2. The second-order valence-corrected chi connectivity index (χ2v) is 6.06. The molecule has 2 aromatic carbocycles. The second kappa shape index (κ2) is 11.1. The summed E-state index contributed by atoms with van der Waals surface area (Å²) in [5.41, 5.74) is 0.994. The molecule has 0 saturated carbocycles. The molecule has 0 saturated heterocycles.